The van der Waals surface area contributed by atoms with Crippen LogP contribution in [0.1, 0.15) is 36.2 Å². The van der Waals surface area contributed by atoms with Crippen LogP contribution in [0, 0.1) is 13.8 Å². The third kappa shape index (κ3) is 6.56. The first-order chi connectivity index (χ1) is 15.1. The van der Waals surface area contributed by atoms with Crippen LogP contribution < -0.4 is 10.1 Å². The number of carbonyl (C=O) groups excluding carboxylic acids is 1. The van der Waals surface area contributed by atoms with E-state index >= 15 is 0 Å². The fourth-order valence-corrected chi connectivity index (χ4v) is 3.59. The zero-order chi connectivity index (χ0) is 22.1. The van der Waals surface area contributed by atoms with Crippen molar-refractivity contribution in [2.45, 2.75) is 46.1 Å². The van der Waals surface area contributed by atoms with Gasteiger partial charge in [-0.2, -0.15) is 0 Å². The normalized spacial score (nSPS) is 11.1. The van der Waals surface area contributed by atoms with Crippen molar-refractivity contribution in [3.8, 4) is 5.75 Å². The average Bonchev–Trinajstić information content (AvgIpc) is 3.11. The molecule has 0 unspecified atom stereocenters. The molecule has 0 fully saturated rings. The van der Waals surface area contributed by atoms with E-state index in [1.54, 1.807) is 0 Å². The molecular weight excluding hydrogens is 390 g/mol. The van der Waals surface area contributed by atoms with Crippen LogP contribution in [-0.4, -0.2) is 42.3 Å². The van der Waals surface area contributed by atoms with Gasteiger partial charge in [-0.1, -0.05) is 18.2 Å². The molecule has 0 saturated heterocycles. The molecule has 0 bridgehead atoms. The van der Waals surface area contributed by atoms with Crippen molar-refractivity contribution in [1.82, 2.24) is 14.9 Å². The Morgan fingerprint density at radius 1 is 1.06 bits per heavy atom. The van der Waals surface area contributed by atoms with Crippen molar-refractivity contribution in [3.63, 3.8) is 0 Å². The van der Waals surface area contributed by atoms with E-state index in [-0.39, 0.29) is 12.5 Å². The fraction of sp³-hybridized carbons (Fsp3) is 0.440. The van der Waals surface area contributed by atoms with Crippen molar-refractivity contribution < 1.29 is 14.3 Å². The number of fused-ring (bicyclic) bond motifs is 1. The summed E-state index contributed by atoms with van der Waals surface area (Å²) in [5, 5.41) is 2.87. The first-order valence-corrected chi connectivity index (χ1v) is 11.0. The maximum atomic E-state index is 11.5. The van der Waals surface area contributed by atoms with Gasteiger partial charge in [-0.3, -0.25) is 4.79 Å². The van der Waals surface area contributed by atoms with E-state index in [9.17, 15) is 4.79 Å². The molecule has 0 aliphatic carbocycles. The number of hydrogen-bond donors (Lipinski definition) is 1. The lowest BCUT2D eigenvalue weighted by Crippen LogP contribution is -2.28. The number of amides is 1. The van der Waals surface area contributed by atoms with Gasteiger partial charge in [0, 0.05) is 26.6 Å². The second-order valence-corrected chi connectivity index (χ2v) is 7.86. The summed E-state index contributed by atoms with van der Waals surface area (Å²) in [5.74, 6) is 1.92. The van der Waals surface area contributed by atoms with E-state index in [2.05, 4.69) is 54.1 Å². The highest BCUT2D eigenvalue weighted by Crippen LogP contribution is 2.19. The first-order valence-electron chi connectivity index (χ1n) is 11.0. The zero-order valence-electron chi connectivity index (χ0n) is 18.8. The summed E-state index contributed by atoms with van der Waals surface area (Å²) in [4.78, 5) is 16.4. The molecule has 2 aromatic carbocycles. The second kappa shape index (κ2) is 11.5. The van der Waals surface area contributed by atoms with Gasteiger partial charge in [-0.05, 0) is 68.5 Å². The number of hydrogen-bond acceptors (Lipinski definition) is 4. The summed E-state index contributed by atoms with van der Waals surface area (Å²) in [5.41, 5.74) is 4.72. The molecule has 0 saturated carbocycles. The quantitative estimate of drug-likeness (QED) is 0.443. The molecule has 6 heteroatoms. The van der Waals surface area contributed by atoms with Crippen LogP contribution in [0.15, 0.2) is 42.5 Å². The lowest BCUT2D eigenvalue weighted by molar-refractivity contribution is -0.124. The van der Waals surface area contributed by atoms with Gasteiger partial charge >= 0.3 is 0 Å². The van der Waals surface area contributed by atoms with Crippen LogP contribution in [0.2, 0.25) is 0 Å². The summed E-state index contributed by atoms with van der Waals surface area (Å²) in [6.45, 7) is 6.55. The molecule has 0 aliphatic rings. The van der Waals surface area contributed by atoms with E-state index in [1.807, 2.05) is 12.1 Å². The topological polar surface area (TPSA) is 65.4 Å². The van der Waals surface area contributed by atoms with Crippen molar-refractivity contribution in [1.29, 1.82) is 0 Å². The minimum absolute atomic E-state index is 0.0835. The number of ether oxygens (including phenoxy) is 2. The van der Waals surface area contributed by atoms with E-state index in [4.69, 9.17) is 14.5 Å². The number of benzene rings is 2. The molecule has 1 aromatic heterocycles. The number of nitrogens with zero attached hydrogens (tertiary/aromatic N) is 2. The Morgan fingerprint density at radius 3 is 2.71 bits per heavy atom. The smallest absolute Gasteiger partial charge is 0.245 e. The highest BCUT2D eigenvalue weighted by atomic mass is 16.5. The standard InChI is InChI=1S/C25H33N3O3/c1-19-12-13-21(17-20(19)2)31-16-7-6-15-28-23-10-5-4-9-22(23)27-24(28)11-8-14-26-25(29)18-30-3/h4-5,9-10,12-13,17H,6-8,11,14-16,18H2,1-3H3,(H,26,29). The average molecular weight is 424 g/mol. The number of carbonyl (C=O) groups is 1. The number of unbranched alkanes of at least 4 members (excludes halogenated alkanes) is 1. The summed E-state index contributed by atoms with van der Waals surface area (Å²) in [6.07, 6.45) is 3.66. The van der Waals surface area contributed by atoms with E-state index < -0.39 is 0 Å². The molecule has 1 N–H and O–H groups in total. The Hall–Kier alpha value is -2.86. The number of aryl methyl sites for hydroxylation is 4. The number of rotatable bonds is 12. The predicted octanol–water partition coefficient (Wildman–Crippen LogP) is 4.21. The Labute approximate surface area is 184 Å². The third-order valence-electron chi connectivity index (χ3n) is 5.43. The van der Waals surface area contributed by atoms with Crippen LogP contribution in [-0.2, 0) is 22.5 Å². The summed E-state index contributed by atoms with van der Waals surface area (Å²) >= 11 is 0. The van der Waals surface area contributed by atoms with Gasteiger partial charge in [0.25, 0.3) is 0 Å². The van der Waals surface area contributed by atoms with Gasteiger partial charge in [-0.15, -0.1) is 0 Å². The molecule has 31 heavy (non-hydrogen) atoms. The Balaban J connectivity index is 1.51. The number of nitrogens with one attached hydrogen (secondary N) is 1. The van der Waals surface area contributed by atoms with Gasteiger partial charge in [0.2, 0.25) is 5.91 Å². The van der Waals surface area contributed by atoms with E-state index in [0.717, 1.165) is 54.8 Å². The molecule has 0 atom stereocenters. The summed E-state index contributed by atoms with van der Waals surface area (Å²) < 4.78 is 13.1. The van der Waals surface area contributed by atoms with Crippen LogP contribution in [0.3, 0.4) is 0 Å². The van der Waals surface area contributed by atoms with E-state index in [0.29, 0.717) is 13.2 Å². The van der Waals surface area contributed by atoms with Crippen molar-refractivity contribution in [2.75, 3.05) is 26.9 Å². The maximum Gasteiger partial charge on any atom is 0.245 e. The van der Waals surface area contributed by atoms with E-state index in [1.165, 1.54) is 18.2 Å². The molecule has 0 radical (unpaired) electrons. The molecule has 166 valence electrons. The van der Waals surface area contributed by atoms with Crippen molar-refractivity contribution in [3.05, 3.63) is 59.4 Å². The molecule has 1 heterocycles. The largest absolute Gasteiger partial charge is 0.494 e. The lowest BCUT2D eigenvalue weighted by atomic mass is 10.1. The first kappa shape index (κ1) is 22.8. The molecule has 1 amide bonds. The van der Waals surface area contributed by atoms with Gasteiger partial charge in [-0.25, -0.2) is 4.98 Å². The molecule has 6 nitrogen and oxygen atoms in total. The summed E-state index contributed by atoms with van der Waals surface area (Å²) in [7, 11) is 1.52. The van der Waals surface area contributed by atoms with Crippen molar-refractivity contribution >= 4 is 16.9 Å². The number of imidazole rings is 1. The third-order valence-corrected chi connectivity index (χ3v) is 5.43. The zero-order valence-corrected chi connectivity index (χ0v) is 18.8. The van der Waals surface area contributed by atoms with Crippen LogP contribution in [0.5, 0.6) is 5.75 Å². The summed E-state index contributed by atoms with van der Waals surface area (Å²) in [6, 6.07) is 14.5. The van der Waals surface area contributed by atoms with Crippen LogP contribution in [0.25, 0.3) is 11.0 Å². The molecule has 0 spiro atoms. The lowest BCUT2D eigenvalue weighted by Gasteiger charge is -2.11. The number of para-hydroxylation sites is 2. The molecule has 3 rings (SSSR count). The molecular formula is C25H33N3O3. The van der Waals surface area contributed by atoms with Gasteiger partial charge < -0.3 is 19.4 Å². The Kier molecular flexibility index (Phi) is 8.47. The number of aromatic nitrogens is 2. The Morgan fingerprint density at radius 2 is 1.90 bits per heavy atom. The minimum atomic E-state index is -0.0835. The maximum absolute atomic E-state index is 11.5. The minimum Gasteiger partial charge on any atom is -0.494 e. The highest BCUT2D eigenvalue weighted by molar-refractivity contribution is 5.77. The Bertz CT molecular complexity index is 997. The molecule has 0 aliphatic heterocycles. The van der Waals surface area contributed by atoms with Crippen molar-refractivity contribution in [2.24, 2.45) is 0 Å². The van der Waals surface area contributed by atoms with Gasteiger partial charge in [0.15, 0.2) is 0 Å². The van der Waals surface area contributed by atoms with Crippen LogP contribution in [0.4, 0.5) is 0 Å². The van der Waals surface area contributed by atoms with Gasteiger partial charge in [0.1, 0.15) is 18.2 Å². The number of methoxy groups -OCH3 is 1. The second-order valence-electron chi connectivity index (χ2n) is 7.86. The highest BCUT2D eigenvalue weighted by Gasteiger charge is 2.10. The SMILES string of the molecule is COCC(=O)NCCCc1nc2ccccc2n1CCCCOc1ccc(C)c(C)c1. The van der Waals surface area contributed by atoms with Gasteiger partial charge in [0.05, 0.1) is 17.6 Å². The molecule has 3 aromatic rings. The fourth-order valence-electron chi connectivity index (χ4n) is 3.59. The predicted molar refractivity (Wildman–Crippen MR) is 124 cm³/mol. The van der Waals surface area contributed by atoms with Crippen LogP contribution >= 0.6 is 0 Å². The monoisotopic (exact) mass is 423 g/mol.